The van der Waals surface area contributed by atoms with E-state index >= 15 is 0 Å². The Hall–Kier alpha value is -1.65. The van der Waals surface area contributed by atoms with E-state index in [-0.39, 0.29) is 11.9 Å². The second-order valence-corrected chi connectivity index (χ2v) is 6.21. The molecule has 0 radical (unpaired) electrons. The van der Waals surface area contributed by atoms with E-state index in [1.807, 2.05) is 24.4 Å². The Labute approximate surface area is 137 Å². The van der Waals surface area contributed by atoms with Crippen molar-refractivity contribution in [2.75, 3.05) is 19.6 Å². The van der Waals surface area contributed by atoms with Crippen molar-refractivity contribution >= 4 is 17.2 Å². The molecule has 0 aliphatic rings. The molecule has 0 spiro atoms. The van der Waals surface area contributed by atoms with E-state index in [2.05, 4.69) is 48.3 Å². The number of amides is 1. The lowest BCUT2D eigenvalue weighted by molar-refractivity contribution is 0.0938. The molecule has 0 bridgehead atoms. The molecule has 2 aromatic rings. The first-order chi connectivity index (χ1) is 10.7. The largest absolute Gasteiger partial charge is 0.349 e. The lowest BCUT2D eigenvalue weighted by Gasteiger charge is -2.30. The van der Waals surface area contributed by atoms with Crippen LogP contribution < -0.4 is 5.32 Å². The van der Waals surface area contributed by atoms with Crippen molar-refractivity contribution in [1.29, 1.82) is 0 Å². The first-order valence-corrected chi connectivity index (χ1v) is 8.66. The van der Waals surface area contributed by atoms with Gasteiger partial charge < -0.3 is 5.32 Å². The second-order valence-electron chi connectivity index (χ2n) is 5.29. The van der Waals surface area contributed by atoms with Gasteiger partial charge in [0, 0.05) is 6.54 Å². The van der Waals surface area contributed by atoms with Gasteiger partial charge in [-0.15, -0.1) is 11.3 Å². The highest BCUT2D eigenvalue weighted by Gasteiger charge is 2.19. The normalized spacial score (nSPS) is 12.4. The van der Waals surface area contributed by atoms with Crippen LogP contribution in [0.2, 0.25) is 0 Å². The average Bonchev–Trinajstić information content (AvgIpc) is 2.98. The molecule has 1 N–H and O–H groups in total. The molecule has 0 saturated heterocycles. The lowest BCUT2D eigenvalue weighted by Crippen LogP contribution is -2.38. The second kappa shape index (κ2) is 8.11. The Morgan fingerprint density at radius 3 is 2.41 bits per heavy atom. The minimum atomic E-state index is 0.0283. The first-order valence-electron chi connectivity index (χ1n) is 7.78. The molecule has 1 aromatic heterocycles. The van der Waals surface area contributed by atoms with E-state index in [1.54, 1.807) is 0 Å². The SMILES string of the molecule is CCN(CC)C(CNC(=O)c1sccc1C)c1ccccc1. The molecule has 1 atom stereocenters. The van der Waals surface area contributed by atoms with Crippen LogP contribution in [0, 0.1) is 6.92 Å². The highest BCUT2D eigenvalue weighted by Crippen LogP contribution is 2.20. The van der Waals surface area contributed by atoms with Crippen molar-refractivity contribution in [3.8, 4) is 0 Å². The molecule has 118 valence electrons. The van der Waals surface area contributed by atoms with Gasteiger partial charge in [-0.2, -0.15) is 0 Å². The predicted octanol–water partition coefficient (Wildman–Crippen LogP) is 3.87. The number of nitrogens with zero attached hydrogens (tertiary/aromatic N) is 1. The first kappa shape index (κ1) is 16.7. The average molecular weight is 316 g/mol. The van der Waals surface area contributed by atoms with Gasteiger partial charge in [-0.3, -0.25) is 9.69 Å². The molecule has 3 nitrogen and oxygen atoms in total. The summed E-state index contributed by atoms with van der Waals surface area (Å²) >= 11 is 1.50. The van der Waals surface area contributed by atoms with Gasteiger partial charge in [0.05, 0.1) is 10.9 Å². The zero-order chi connectivity index (χ0) is 15.9. The topological polar surface area (TPSA) is 32.3 Å². The summed E-state index contributed by atoms with van der Waals surface area (Å²) in [6.45, 7) is 8.84. The fourth-order valence-electron chi connectivity index (χ4n) is 2.67. The van der Waals surface area contributed by atoms with E-state index in [4.69, 9.17) is 0 Å². The fraction of sp³-hybridized carbons (Fsp3) is 0.389. The van der Waals surface area contributed by atoms with Gasteiger partial charge in [-0.25, -0.2) is 0 Å². The number of thiophene rings is 1. The smallest absolute Gasteiger partial charge is 0.261 e. The summed E-state index contributed by atoms with van der Waals surface area (Å²) in [6.07, 6.45) is 0. The monoisotopic (exact) mass is 316 g/mol. The summed E-state index contributed by atoms with van der Waals surface area (Å²) in [7, 11) is 0. The molecule has 4 heteroatoms. The van der Waals surface area contributed by atoms with Crippen LogP contribution in [0.15, 0.2) is 41.8 Å². The number of benzene rings is 1. The Balaban J connectivity index is 2.10. The quantitative estimate of drug-likeness (QED) is 0.841. The van der Waals surface area contributed by atoms with Crippen molar-refractivity contribution in [3.63, 3.8) is 0 Å². The van der Waals surface area contributed by atoms with Crippen molar-refractivity contribution in [2.45, 2.75) is 26.8 Å². The zero-order valence-corrected chi connectivity index (χ0v) is 14.3. The minimum Gasteiger partial charge on any atom is -0.349 e. The molecule has 22 heavy (non-hydrogen) atoms. The maximum Gasteiger partial charge on any atom is 0.261 e. The Bertz CT molecular complexity index is 590. The maximum absolute atomic E-state index is 12.3. The van der Waals surface area contributed by atoms with Crippen LogP contribution in [-0.2, 0) is 0 Å². The minimum absolute atomic E-state index is 0.0283. The van der Waals surface area contributed by atoms with Gasteiger partial charge in [0.1, 0.15) is 0 Å². The molecule has 1 aromatic carbocycles. The molecule has 2 rings (SSSR count). The Morgan fingerprint density at radius 1 is 1.18 bits per heavy atom. The van der Waals surface area contributed by atoms with Gasteiger partial charge in [0.2, 0.25) is 0 Å². The number of nitrogens with one attached hydrogen (secondary N) is 1. The zero-order valence-electron chi connectivity index (χ0n) is 13.5. The summed E-state index contributed by atoms with van der Waals surface area (Å²) in [4.78, 5) is 15.5. The molecule has 1 unspecified atom stereocenters. The standard InChI is InChI=1S/C18H24N2OS/c1-4-20(5-2)16(15-9-7-6-8-10-15)13-19-18(21)17-14(3)11-12-22-17/h6-12,16H,4-5,13H2,1-3H3,(H,19,21). The van der Waals surface area contributed by atoms with Crippen LogP contribution in [-0.4, -0.2) is 30.4 Å². The summed E-state index contributed by atoms with van der Waals surface area (Å²) < 4.78 is 0. The highest BCUT2D eigenvalue weighted by atomic mass is 32.1. The van der Waals surface area contributed by atoms with E-state index in [1.165, 1.54) is 16.9 Å². The Morgan fingerprint density at radius 2 is 1.86 bits per heavy atom. The maximum atomic E-state index is 12.3. The Kier molecular flexibility index (Phi) is 6.16. The van der Waals surface area contributed by atoms with Crippen LogP contribution in [0.3, 0.4) is 0 Å². The molecular weight excluding hydrogens is 292 g/mol. The van der Waals surface area contributed by atoms with E-state index < -0.39 is 0 Å². The van der Waals surface area contributed by atoms with E-state index in [0.717, 1.165) is 23.5 Å². The molecule has 0 aliphatic heterocycles. The van der Waals surface area contributed by atoms with Crippen LogP contribution >= 0.6 is 11.3 Å². The number of hydrogen-bond acceptors (Lipinski definition) is 3. The third-order valence-electron chi connectivity index (χ3n) is 3.96. The summed E-state index contributed by atoms with van der Waals surface area (Å²) in [5.41, 5.74) is 2.29. The summed E-state index contributed by atoms with van der Waals surface area (Å²) in [5, 5.41) is 5.07. The van der Waals surface area contributed by atoms with E-state index in [0.29, 0.717) is 6.54 Å². The van der Waals surface area contributed by atoms with Gasteiger partial charge in [-0.1, -0.05) is 44.2 Å². The summed E-state index contributed by atoms with van der Waals surface area (Å²) in [6, 6.07) is 12.6. The van der Waals surface area contributed by atoms with Crippen LogP contribution in [0.25, 0.3) is 0 Å². The number of hydrogen-bond donors (Lipinski definition) is 1. The number of aryl methyl sites for hydroxylation is 1. The summed E-state index contributed by atoms with van der Waals surface area (Å²) in [5.74, 6) is 0.0283. The third kappa shape index (κ3) is 3.96. The number of likely N-dealkylation sites (N-methyl/N-ethyl adjacent to an activating group) is 1. The van der Waals surface area contributed by atoms with Gasteiger partial charge in [-0.05, 0) is 42.6 Å². The van der Waals surface area contributed by atoms with Crippen molar-refractivity contribution in [2.24, 2.45) is 0 Å². The number of rotatable bonds is 7. The van der Waals surface area contributed by atoms with Crippen LogP contribution in [0.4, 0.5) is 0 Å². The number of carbonyl (C=O) groups is 1. The molecule has 0 fully saturated rings. The van der Waals surface area contributed by atoms with Crippen LogP contribution in [0.1, 0.15) is 40.7 Å². The third-order valence-corrected chi connectivity index (χ3v) is 4.98. The predicted molar refractivity (Wildman–Crippen MR) is 93.5 cm³/mol. The molecular formula is C18H24N2OS. The molecule has 1 amide bonds. The van der Waals surface area contributed by atoms with Crippen molar-refractivity contribution < 1.29 is 4.79 Å². The molecule has 0 saturated carbocycles. The van der Waals surface area contributed by atoms with Gasteiger partial charge >= 0.3 is 0 Å². The van der Waals surface area contributed by atoms with Gasteiger partial charge in [0.15, 0.2) is 0 Å². The molecule has 1 heterocycles. The highest BCUT2D eigenvalue weighted by molar-refractivity contribution is 7.12. The molecule has 0 aliphatic carbocycles. The van der Waals surface area contributed by atoms with Crippen LogP contribution in [0.5, 0.6) is 0 Å². The van der Waals surface area contributed by atoms with Crippen molar-refractivity contribution in [3.05, 3.63) is 57.8 Å². The van der Waals surface area contributed by atoms with Gasteiger partial charge in [0.25, 0.3) is 5.91 Å². The number of carbonyl (C=O) groups excluding carboxylic acids is 1. The van der Waals surface area contributed by atoms with E-state index in [9.17, 15) is 4.79 Å². The van der Waals surface area contributed by atoms with Crippen molar-refractivity contribution in [1.82, 2.24) is 10.2 Å². The lowest BCUT2D eigenvalue weighted by atomic mass is 10.0. The fourth-order valence-corrected chi connectivity index (χ4v) is 3.51.